The van der Waals surface area contributed by atoms with Crippen molar-refractivity contribution in [1.82, 2.24) is 0 Å². The quantitative estimate of drug-likeness (QED) is 0.469. The highest BCUT2D eigenvalue weighted by Crippen LogP contribution is 1.98. The van der Waals surface area contributed by atoms with Crippen molar-refractivity contribution in [3.8, 4) is 0 Å². The van der Waals surface area contributed by atoms with Crippen LogP contribution in [-0.2, 0) is 14.3 Å². The summed E-state index contributed by atoms with van der Waals surface area (Å²) in [7, 11) is 0. The lowest BCUT2D eigenvalue weighted by atomic mass is 10.1. The topological polar surface area (TPSA) is 61.5 Å². The van der Waals surface area contributed by atoms with Crippen LogP contribution in [0, 0.1) is 5.92 Å². The Kier molecular flexibility index (Phi) is 7.63. The lowest BCUT2D eigenvalue weighted by molar-refractivity contribution is -0.149. The van der Waals surface area contributed by atoms with Crippen LogP contribution >= 0.6 is 0 Å². The van der Waals surface area contributed by atoms with E-state index in [1.54, 1.807) is 0 Å². The van der Waals surface area contributed by atoms with Gasteiger partial charge in [0.05, 0.1) is 13.2 Å². The minimum Gasteiger partial charge on any atom is -0.464 e. The molecule has 13 heavy (non-hydrogen) atoms. The number of nitrogens with two attached hydrogens (primary N) is 1. The van der Waals surface area contributed by atoms with Crippen LogP contribution < -0.4 is 5.73 Å². The highest BCUT2D eigenvalue weighted by molar-refractivity contribution is 5.70. The van der Waals surface area contributed by atoms with Gasteiger partial charge in [0.15, 0.2) is 0 Å². The molecular formula is C9H19NO3. The molecule has 2 N–H and O–H groups in total. The molecule has 0 fully saturated rings. The highest BCUT2D eigenvalue weighted by atomic mass is 16.6. The molecule has 0 aromatic heterocycles. The Balaban J connectivity index is 3.20. The monoisotopic (exact) mass is 189 g/mol. The van der Waals surface area contributed by atoms with E-state index in [9.17, 15) is 4.79 Å². The molecule has 0 aromatic rings. The first-order valence-electron chi connectivity index (χ1n) is 4.60. The molecule has 4 heteroatoms. The Bertz CT molecular complexity index is 137. The maximum atomic E-state index is 10.9. The summed E-state index contributed by atoms with van der Waals surface area (Å²) >= 11 is 0. The van der Waals surface area contributed by atoms with Crippen molar-refractivity contribution < 1.29 is 14.3 Å². The fourth-order valence-corrected chi connectivity index (χ4v) is 0.689. The largest absolute Gasteiger partial charge is 0.464 e. The lowest BCUT2D eigenvalue weighted by Gasteiger charge is -2.06. The summed E-state index contributed by atoms with van der Waals surface area (Å²) in [5, 5.41) is 0. The molecular weight excluding hydrogens is 170 g/mol. The molecule has 0 aliphatic rings. The first-order valence-corrected chi connectivity index (χ1v) is 4.60. The Morgan fingerprint density at radius 2 is 2.08 bits per heavy atom. The third kappa shape index (κ3) is 9.30. The van der Waals surface area contributed by atoms with Crippen LogP contribution in [0.5, 0.6) is 0 Å². The average Bonchev–Trinajstić information content (AvgIpc) is 2.04. The Morgan fingerprint density at radius 1 is 1.38 bits per heavy atom. The fourth-order valence-electron chi connectivity index (χ4n) is 0.689. The Labute approximate surface area is 79.4 Å². The van der Waals surface area contributed by atoms with E-state index in [1.807, 2.05) is 0 Å². The average molecular weight is 189 g/mol. The molecule has 0 unspecified atom stereocenters. The molecule has 4 nitrogen and oxygen atoms in total. The van der Waals surface area contributed by atoms with Gasteiger partial charge in [-0.05, 0) is 12.3 Å². The van der Waals surface area contributed by atoms with Gasteiger partial charge in [-0.1, -0.05) is 13.8 Å². The molecule has 0 aromatic carbocycles. The van der Waals surface area contributed by atoms with E-state index >= 15 is 0 Å². The minimum atomic E-state index is -0.311. The predicted molar refractivity (Wildman–Crippen MR) is 50.3 cm³/mol. The summed E-state index contributed by atoms with van der Waals surface area (Å²) in [4.78, 5) is 10.9. The number of ether oxygens (including phenoxy) is 2. The number of rotatable bonds is 7. The van der Waals surface area contributed by atoms with Gasteiger partial charge in [0, 0.05) is 6.54 Å². The van der Waals surface area contributed by atoms with Crippen LogP contribution in [0.3, 0.4) is 0 Å². The van der Waals surface area contributed by atoms with Crippen molar-refractivity contribution in [2.45, 2.75) is 20.3 Å². The van der Waals surface area contributed by atoms with Gasteiger partial charge in [-0.15, -0.1) is 0 Å². The van der Waals surface area contributed by atoms with Crippen LogP contribution in [0.4, 0.5) is 0 Å². The second-order valence-corrected chi connectivity index (χ2v) is 3.24. The Morgan fingerprint density at radius 3 is 2.62 bits per heavy atom. The molecule has 0 aliphatic heterocycles. The number of esters is 1. The molecule has 0 spiro atoms. The summed E-state index contributed by atoms with van der Waals surface area (Å²) in [6.07, 6.45) is 0.891. The fraction of sp³-hybridized carbons (Fsp3) is 0.889. The van der Waals surface area contributed by atoms with Crippen molar-refractivity contribution in [2.24, 2.45) is 11.7 Å². The van der Waals surface area contributed by atoms with E-state index in [1.165, 1.54) is 0 Å². The summed E-state index contributed by atoms with van der Waals surface area (Å²) in [5.41, 5.74) is 5.18. The number of hydrogen-bond acceptors (Lipinski definition) is 4. The molecule has 0 saturated heterocycles. The molecule has 0 atom stereocenters. The third-order valence-electron chi connectivity index (χ3n) is 1.44. The predicted octanol–water partition coefficient (Wildman–Crippen LogP) is 0.551. The van der Waals surface area contributed by atoms with Crippen LogP contribution in [0.2, 0.25) is 0 Å². The van der Waals surface area contributed by atoms with Gasteiger partial charge in [-0.25, -0.2) is 4.79 Å². The number of carbonyl (C=O) groups is 1. The highest BCUT2D eigenvalue weighted by Gasteiger charge is 2.02. The summed E-state index contributed by atoms with van der Waals surface area (Å²) in [6, 6.07) is 0. The van der Waals surface area contributed by atoms with E-state index in [0.29, 0.717) is 25.7 Å². The molecule has 0 radical (unpaired) electrons. The minimum absolute atomic E-state index is 0.00922. The summed E-state index contributed by atoms with van der Waals surface area (Å²) in [5.74, 6) is 0.242. The number of hydrogen-bond donors (Lipinski definition) is 1. The van der Waals surface area contributed by atoms with Crippen LogP contribution in [0.15, 0.2) is 0 Å². The molecule has 0 bridgehead atoms. The molecule has 0 aliphatic carbocycles. The molecule has 0 rings (SSSR count). The maximum Gasteiger partial charge on any atom is 0.332 e. The van der Waals surface area contributed by atoms with E-state index < -0.39 is 0 Å². The molecule has 0 amide bonds. The van der Waals surface area contributed by atoms with Crippen molar-refractivity contribution in [1.29, 1.82) is 0 Å². The van der Waals surface area contributed by atoms with Crippen molar-refractivity contribution in [2.75, 3.05) is 26.4 Å². The van der Waals surface area contributed by atoms with Gasteiger partial charge in [0.2, 0.25) is 0 Å². The zero-order chi connectivity index (χ0) is 10.1. The zero-order valence-corrected chi connectivity index (χ0v) is 8.41. The smallest absolute Gasteiger partial charge is 0.332 e. The maximum absolute atomic E-state index is 10.9. The second-order valence-electron chi connectivity index (χ2n) is 3.24. The van der Waals surface area contributed by atoms with Crippen molar-refractivity contribution in [3.05, 3.63) is 0 Å². The normalized spacial score (nSPS) is 10.5. The van der Waals surface area contributed by atoms with E-state index in [-0.39, 0.29) is 12.6 Å². The van der Waals surface area contributed by atoms with E-state index in [0.717, 1.165) is 6.42 Å². The SMILES string of the molecule is CC(C)CCOC(=O)COCCN. The zero-order valence-electron chi connectivity index (χ0n) is 8.41. The first kappa shape index (κ1) is 12.4. The standard InChI is InChI=1S/C9H19NO3/c1-8(2)3-5-13-9(11)7-12-6-4-10/h8H,3-7,10H2,1-2H3. The summed E-state index contributed by atoms with van der Waals surface area (Å²) < 4.78 is 9.80. The van der Waals surface area contributed by atoms with Crippen LogP contribution in [-0.4, -0.2) is 32.3 Å². The first-order chi connectivity index (χ1) is 6.16. The van der Waals surface area contributed by atoms with Gasteiger partial charge < -0.3 is 15.2 Å². The van der Waals surface area contributed by atoms with Gasteiger partial charge >= 0.3 is 5.97 Å². The van der Waals surface area contributed by atoms with Gasteiger partial charge in [-0.3, -0.25) is 0 Å². The lowest BCUT2D eigenvalue weighted by Crippen LogP contribution is -2.17. The summed E-state index contributed by atoms with van der Waals surface area (Å²) in [6.45, 7) is 5.48. The molecule has 0 heterocycles. The third-order valence-corrected chi connectivity index (χ3v) is 1.44. The van der Waals surface area contributed by atoms with Gasteiger partial charge in [-0.2, -0.15) is 0 Å². The Hall–Kier alpha value is -0.610. The second kappa shape index (κ2) is 8.01. The van der Waals surface area contributed by atoms with Gasteiger partial charge in [0.25, 0.3) is 0 Å². The van der Waals surface area contributed by atoms with E-state index in [2.05, 4.69) is 13.8 Å². The van der Waals surface area contributed by atoms with Crippen molar-refractivity contribution in [3.63, 3.8) is 0 Å². The van der Waals surface area contributed by atoms with Crippen LogP contribution in [0.25, 0.3) is 0 Å². The van der Waals surface area contributed by atoms with Crippen LogP contribution in [0.1, 0.15) is 20.3 Å². The van der Waals surface area contributed by atoms with Gasteiger partial charge in [0.1, 0.15) is 6.61 Å². The molecule has 78 valence electrons. The molecule has 0 saturated carbocycles. The van der Waals surface area contributed by atoms with Crippen molar-refractivity contribution >= 4 is 5.97 Å². The van der Waals surface area contributed by atoms with E-state index in [4.69, 9.17) is 15.2 Å². The number of carbonyl (C=O) groups excluding carboxylic acids is 1.